The monoisotopic (exact) mass is 405 g/mol. The average Bonchev–Trinajstić information content (AvgIpc) is 2.57. The topological polar surface area (TPSA) is 64.6 Å². The van der Waals surface area contributed by atoms with Gasteiger partial charge in [-0.1, -0.05) is 34.8 Å². The molecule has 9 heteroatoms. The molecule has 0 aliphatic rings. The van der Waals surface area contributed by atoms with Crippen molar-refractivity contribution < 1.29 is 23.5 Å². The Hall–Kier alpha value is -2.02. The number of methoxy groups -OCH3 is 1. The zero-order valence-electron chi connectivity index (χ0n) is 12.7. The number of rotatable bonds is 5. The van der Waals surface area contributed by atoms with Gasteiger partial charge >= 0.3 is 5.97 Å². The molecule has 0 atom stereocenters. The first-order valence-corrected chi connectivity index (χ1v) is 7.90. The third-order valence-electron chi connectivity index (χ3n) is 3.01. The van der Waals surface area contributed by atoms with E-state index in [1.165, 1.54) is 31.4 Å². The van der Waals surface area contributed by atoms with Gasteiger partial charge in [0.2, 0.25) is 0 Å². The molecule has 0 fully saturated rings. The number of anilines is 1. The van der Waals surface area contributed by atoms with Crippen LogP contribution in [0.2, 0.25) is 15.1 Å². The first kappa shape index (κ1) is 19.3. The van der Waals surface area contributed by atoms with Gasteiger partial charge in [-0.2, -0.15) is 0 Å². The second-order valence-electron chi connectivity index (χ2n) is 4.72. The predicted octanol–water partition coefficient (Wildman–Crippen LogP) is 4.59. The molecule has 5 nitrogen and oxygen atoms in total. The second kappa shape index (κ2) is 8.38. The molecule has 25 heavy (non-hydrogen) atoms. The molecule has 0 radical (unpaired) electrons. The summed E-state index contributed by atoms with van der Waals surface area (Å²) in [5.41, 5.74) is 0.159. The van der Waals surface area contributed by atoms with Crippen LogP contribution in [0.3, 0.4) is 0 Å². The second-order valence-corrected chi connectivity index (χ2v) is 5.94. The predicted molar refractivity (Wildman–Crippen MR) is 93.3 cm³/mol. The molecule has 0 unspecified atom stereocenters. The molecule has 0 saturated heterocycles. The highest BCUT2D eigenvalue weighted by Crippen LogP contribution is 2.32. The fourth-order valence-electron chi connectivity index (χ4n) is 1.81. The van der Waals surface area contributed by atoms with Crippen LogP contribution in [0.15, 0.2) is 30.3 Å². The highest BCUT2D eigenvalue weighted by molar-refractivity contribution is 6.44. The zero-order chi connectivity index (χ0) is 18.6. The van der Waals surface area contributed by atoms with E-state index in [4.69, 9.17) is 44.3 Å². The normalized spacial score (nSPS) is 10.3. The summed E-state index contributed by atoms with van der Waals surface area (Å²) >= 11 is 17.6. The Morgan fingerprint density at radius 3 is 2.40 bits per heavy atom. The fraction of sp³-hybridized carbons (Fsp3) is 0.125. The van der Waals surface area contributed by atoms with Gasteiger partial charge in [-0.15, -0.1) is 0 Å². The van der Waals surface area contributed by atoms with Gasteiger partial charge in [0.1, 0.15) is 0 Å². The molecule has 2 aromatic rings. The molecule has 2 rings (SSSR count). The summed E-state index contributed by atoms with van der Waals surface area (Å²) in [7, 11) is 1.30. The van der Waals surface area contributed by atoms with E-state index in [9.17, 15) is 14.0 Å². The van der Waals surface area contributed by atoms with E-state index >= 15 is 0 Å². The Labute approximate surface area is 157 Å². The lowest BCUT2D eigenvalue weighted by atomic mass is 10.2. The number of carbonyl (C=O) groups excluding carboxylic acids is 2. The number of hydrogen-bond donors (Lipinski definition) is 1. The highest BCUT2D eigenvalue weighted by Gasteiger charge is 2.14. The van der Waals surface area contributed by atoms with Crippen LogP contribution in [0.5, 0.6) is 5.75 Å². The Morgan fingerprint density at radius 1 is 1.08 bits per heavy atom. The van der Waals surface area contributed by atoms with E-state index in [1.807, 2.05) is 0 Å². The summed E-state index contributed by atoms with van der Waals surface area (Å²) in [4.78, 5) is 23.7. The lowest BCUT2D eigenvalue weighted by molar-refractivity contribution is -0.119. The number of benzene rings is 2. The molecule has 1 amide bonds. The molecule has 2 aromatic carbocycles. The average molecular weight is 407 g/mol. The molecule has 0 aromatic heterocycles. The molecule has 0 spiro atoms. The summed E-state index contributed by atoms with van der Waals surface area (Å²) in [5, 5.41) is 3.04. The number of esters is 1. The quantitative estimate of drug-likeness (QED) is 0.583. The van der Waals surface area contributed by atoms with E-state index < -0.39 is 24.3 Å². The summed E-state index contributed by atoms with van der Waals surface area (Å²) in [6, 6.07) is 6.28. The number of ether oxygens (including phenoxy) is 2. The van der Waals surface area contributed by atoms with Crippen molar-refractivity contribution in [2.24, 2.45) is 0 Å². The number of hydrogen-bond acceptors (Lipinski definition) is 4. The first-order chi connectivity index (χ1) is 11.8. The van der Waals surface area contributed by atoms with Gasteiger partial charge in [0, 0.05) is 0 Å². The third kappa shape index (κ3) is 4.98. The molecule has 0 aliphatic heterocycles. The van der Waals surface area contributed by atoms with Gasteiger partial charge in [0.15, 0.2) is 18.2 Å². The van der Waals surface area contributed by atoms with Crippen LogP contribution in [0.1, 0.15) is 10.4 Å². The van der Waals surface area contributed by atoms with Crippen molar-refractivity contribution in [2.45, 2.75) is 0 Å². The minimum Gasteiger partial charge on any atom is -0.494 e. The molecule has 0 bridgehead atoms. The van der Waals surface area contributed by atoms with Crippen LogP contribution >= 0.6 is 34.8 Å². The number of carbonyl (C=O) groups is 2. The Balaban J connectivity index is 1.97. The van der Waals surface area contributed by atoms with Crippen LogP contribution in [-0.2, 0) is 9.53 Å². The molecular weight excluding hydrogens is 396 g/mol. The summed E-state index contributed by atoms with van der Waals surface area (Å²) in [6.45, 7) is -0.594. The SMILES string of the molecule is COc1ccc(C(=O)OCC(=O)Nc2cc(Cl)c(Cl)cc2Cl)cc1F. The smallest absolute Gasteiger partial charge is 0.338 e. The van der Waals surface area contributed by atoms with Gasteiger partial charge in [0.05, 0.1) is 33.4 Å². The van der Waals surface area contributed by atoms with Crippen molar-refractivity contribution >= 4 is 52.4 Å². The number of halogens is 4. The number of amides is 1. The summed E-state index contributed by atoms with van der Waals surface area (Å²) in [5.74, 6) is -2.24. The Morgan fingerprint density at radius 2 is 1.76 bits per heavy atom. The first-order valence-electron chi connectivity index (χ1n) is 6.77. The van der Waals surface area contributed by atoms with E-state index in [1.54, 1.807) is 0 Å². The van der Waals surface area contributed by atoms with E-state index in [2.05, 4.69) is 5.32 Å². The Kier molecular flexibility index (Phi) is 6.47. The number of nitrogens with one attached hydrogen (secondary N) is 1. The van der Waals surface area contributed by atoms with Crippen LogP contribution in [-0.4, -0.2) is 25.6 Å². The molecular formula is C16H11Cl3FNO4. The maximum absolute atomic E-state index is 13.6. The lowest BCUT2D eigenvalue weighted by Crippen LogP contribution is -2.21. The summed E-state index contributed by atoms with van der Waals surface area (Å²) in [6.07, 6.45) is 0. The van der Waals surface area contributed by atoms with Crippen LogP contribution < -0.4 is 10.1 Å². The van der Waals surface area contributed by atoms with E-state index in [0.29, 0.717) is 0 Å². The van der Waals surface area contributed by atoms with Crippen molar-refractivity contribution in [3.63, 3.8) is 0 Å². The van der Waals surface area contributed by atoms with Gasteiger partial charge in [0.25, 0.3) is 5.91 Å². The van der Waals surface area contributed by atoms with E-state index in [-0.39, 0.29) is 32.1 Å². The van der Waals surface area contributed by atoms with Crippen LogP contribution in [0.4, 0.5) is 10.1 Å². The van der Waals surface area contributed by atoms with Gasteiger partial charge in [-0.05, 0) is 30.3 Å². The van der Waals surface area contributed by atoms with Crippen molar-refractivity contribution in [3.8, 4) is 5.75 Å². The fourth-order valence-corrected chi connectivity index (χ4v) is 2.41. The molecule has 132 valence electrons. The Bertz CT molecular complexity index is 829. The largest absolute Gasteiger partial charge is 0.494 e. The standard InChI is InChI=1S/C16H11Cl3FNO4/c1-24-14-3-2-8(4-12(14)20)16(23)25-7-15(22)21-13-6-10(18)9(17)5-11(13)19/h2-6H,7H2,1H3,(H,21,22). The van der Waals surface area contributed by atoms with Gasteiger partial charge in [-0.3, -0.25) is 4.79 Å². The van der Waals surface area contributed by atoms with Crippen molar-refractivity contribution in [1.29, 1.82) is 0 Å². The van der Waals surface area contributed by atoms with E-state index in [0.717, 1.165) is 6.07 Å². The van der Waals surface area contributed by atoms with Gasteiger partial charge < -0.3 is 14.8 Å². The maximum Gasteiger partial charge on any atom is 0.338 e. The van der Waals surface area contributed by atoms with Crippen molar-refractivity contribution in [3.05, 3.63) is 56.8 Å². The molecule has 1 N–H and O–H groups in total. The maximum atomic E-state index is 13.6. The molecule has 0 heterocycles. The third-order valence-corrected chi connectivity index (χ3v) is 4.04. The summed E-state index contributed by atoms with van der Waals surface area (Å²) < 4.78 is 23.1. The van der Waals surface area contributed by atoms with Crippen molar-refractivity contribution in [1.82, 2.24) is 0 Å². The zero-order valence-corrected chi connectivity index (χ0v) is 15.0. The molecule has 0 saturated carbocycles. The van der Waals surface area contributed by atoms with Crippen molar-refractivity contribution in [2.75, 3.05) is 19.0 Å². The minimum atomic E-state index is -0.864. The van der Waals surface area contributed by atoms with Gasteiger partial charge in [-0.25, -0.2) is 9.18 Å². The minimum absolute atomic E-state index is 0.0106. The van der Waals surface area contributed by atoms with Crippen LogP contribution in [0, 0.1) is 5.82 Å². The highest BCUT2D eigenvalue weighted by atomic mass is 35.5. The van der Waals surface area contributed by atoms with Crippen LogP contribution in [0.25, 0.3) is 0 Å². The lowest BCUT2D eigenvalue weighted by Gasteiger charge is -2.09. The molecule has 0 aliphatic carbocycles.